The van der Waals surface area contributed by atoms with Crippen molar-refractivity contribution in [2.24, 2.45) is 11.7 Å². The van der Waals surface area contributed by atoms with E-state index in [0.29, 0.717) is 18.9 Å². The van der Waals surface area contributed by atoms with Gasteiger partial charge in [-0.15, -0.1) is 0 Å². The van der Waals surface area contributed by atoms with Crippen molar-refractivity contribution in [2.45, 2.75) is 97.8 Å². The zero-order valence-electron chi connectivity index (χ0n) is 19.7. The summed E-state index contributed by atoms with van der Waals surface area (Å²) in [7, 11) is 0. The second-order valence-electron chi connectivity index (χ2n) is 8.95. The largest absolute Gasteiger partial charge is 0.462 e. The van der Waals surface area contributed by atoms with Crippen molar-refractivity contribution in [1.82, 2.24) is 0 Å². The van der Waals surface area contributed by atoms with Crippen LogP contribution in [0.15, 0.2) is 23.3 Å². The molecule has 0 aromatic heterocycles. The zero-order chi connectivity index (χ0) is 22.7. The Morgan fingerprint density at radius 1 is 1.27 bits per heavy atom. The number of esters is 2. The van der Waals surface area contributed by atoms with Crippen molar-refractivity contribution >= 4 is 11.9 Å². The molecule has 0 bridgehead atoms. The molecule has 1 fully saturated rings. The molecular weight excluding hydrogens is 382 g/mol. The fourth-order valence-corrected chi connectivity index (χ4v) is 3.69. The van der Waals surface area contributed by atoms with Crippen molar-refractivity contribution in [3.63, 3.8) is 0 Å². The first kappa shape index (κ1) is 26.4. The Balaban J connectivity index is 2.70. The van der Waals surface area contributed by atoms with Crippen molar-refractivity contribution in [2.75, 3.05) is 13.2 Å². The first-order chi connectivity index (χ1) is 14.0. The van der Waals surface area contributed by atoms with Crippen LogP contribution in [0.3, 0.4) is 0 Å². The number of nitrogens with two attached hydrogens (primary N) is 1. The molecule has 0 aromatic rings. The van der Waals surface area contributed by atoms with E-state index in [4.69, 9.17) is 19.9 Å². The van der Waals surface area contributed by atoms with Gasteiger partial charge >= 0.3 is 11.9 Å². The second-order valence-corrected chi connectivity index (χ2v) is 8.95. The van der Waals surface area contributed by atoms with Gasteiger partial charge in [0.25, 0.3) is 0 Å². The van der Waals surface area contributed by atoms with Gasteiger partial charge in [0.15, 0.2) is 0 Å². The molecule has 0 radical (unpaired) electrons. The van der Waals surface area contributed by atoms with Crippen LogP contribution in [-0.4, -0.2) is 42.9 Å². The van der Waals surface area contributed by atoms with Crippen LogP contribution >= 0.6 is 0 Å². The molecule has 0 saturated carbocycles. The molecule has 1 aliphatic heterocycles. The van der Waals surface area contributed by atoms with Crippen LogP contribution < -0.4 is 5.73 Å². The van der Waals surface area contributed by atoms with Gasteiger partial charge in [-0.05, 0) is 70.4 Å². The van der Waals surface area contributed by atoms with Gasteiger partial charge in [-0.3, -0.25) is 9.59 Å². The molecule has 30 heavy (non-hydrogen) atoms. The number of carbonyl (C=O) groups is 2. The molecule has 1 heterocycles. The van der Waals surface area contributed by atoms with Crippen LogP contribution in [0.2, 0.25) is 0 Å². The number of hydrogen-bond acceptors (Lipinski definition) is 6. The Morgan fingerprint density at radius 3 is 2.57 bits per heavy atom. The number of rotatable bonds is 10. The first-order valence-corrected chi connectivity index (χ1v) is 11.0. The third-order valence-electron chi connectivity index (χ3n) is 5.82. The fraction of sp³-hybridized carbons (Fsp3) is 0.750. The van der Waals surface area contributed by atoms with E-state index in [2.05, 4.69) is 26.8 Å². The van der Waals surface area contributed by atoms with Crippen LogP contribution in [0.5, 0.6) is 0 Å². The topological polar surface area (TPSA) is 87.9 Å². The van der Waals surface area contributed by atoms with Gasteiger partial charge in [0.1, 0.15) is 18.3 Å². The Labute approximate surface area is 182 Å². The molecule has 1 aliphatic rings. The Hall–Kier alpha value is -1.66. The molecule has 172 valence electrons. The number of carbonyl (C=O) groups excluding carboxylic acids is 2. The van der Waals surface area contributed by atoms with Crippen LogP contribution in [-0.2, 0) is 23.8 Å². The van der Waals surface area contributed by atoms with Gasteiger partial charge < -0.3 is 19.9 Å². The number of ether oxygens (including phenoxy) is 3. The van der Waals surface area contributed by atoms with Gasteiger partial charge in [-0.25, -0.2) is 0 Å². The van der Waals surface area contributed by atoms with Crippen molar-refractivity contribution in [1.29, 1.82) is 0 Å². The van der Waals surface area contributed by atoms with E-state index in [0.717, 1.165) is 37.7 Å². The smallest absolute Gasteiger partial charge is 0.303 e. The van der Waals surface area contributed by atoms with E-state index in [-0.39, 0.29) is 30.7 Å². The fourth-order valence-electron chi connectivity index (χ4n) is 3.69. The maximum absolute atomic E-state index is 11.7. The summed E-state index contributed by atoms with van der Waals surface area (Å²) in [6, 6.07) is 0.142. The summed E-state index contributed by atoms with van der Waals surface area (Å²) in [6.45, 7) is 11.9. The molecule has 1 saturated heterocycles. The average Bonchev–Trinajstić information content (AvgIpc) is 2.79. The van der Waals surface area contributed by atoms with Gasteiger partial charge in [0.2, 0.25) is 0 Å². The molecule has 1 rings (SSSR count). The predicted octanol–water partition coefficient (Wildman–Crippen LogP) is 4.47. The second kappa shape index (κ2) is 12.9. The standard InChI is InChI=1S/C24H41NO5/c1-17(2)9-11-22(25)18(3)8-7-14-24(6)23(30-20(5)27)12-10-21(16-29-24)13-15-28-19(4)26/h9,13,18,22-23H,7-8,10-12,14-16,25H2,1-6H3/t18?,22?,23-,24+/m1/s1. The highest BCUT2D eigenvalue weighted by atomic mass is 16.6. The molecule has 0 spiro atoms. The summed E-state index contributed by atoms with van der Waals surface area (Å²) in [5, 5.41) is 0. The van der Waals surface area contributed by atoms with Crippen molar-refractivity contribution in [3.8, 4) is 0 Å². The van der Waals surface area contributed by atoms with Crippen molar-refractivity contribution in [3.05, 3.63) is 23.3 Å². The summed E-state index contributed by atoms with van der Waals surface area (Å²) in [6.07, 6.45) is 8.86. The highest BCUT2D eigenvalue weighted by molar-refractivity contribution is 5.66. The SMILES string of the molecule is CC(=O)OCC=C1CC[C@@H](OC(C)=O)[C@](C)(CCCC(C)C(N)CC=C(C)C)OC1. The molecule has 6 nitrogen and oxygen atoms in total. The normalized spacial score (nSPS) is 25.2. The monoisotopic (exact) mass is 423 g/mol. The molecular formula is C24H41NO5. The van der Waals surface area contributed by atoms with E-state index in [1.807, 2.05) is 13.0 Å². The molecule has 0 aliphatic carbocycles. The van der Waals surface area contributed by atoms with Crippen LogP contribution in [0.4, 0.5) is 0 Å². The van der Waals surface area contributed by atoms with Crippen molar-refractivity contribution < 1.29 is 23.8 Å². The zero-order valence-corrected chi connectivity index (χ0v) is 19.7. The molecule has 4 atom stereocenters. The van der Waals surface area contributed by atoms with E-state index in [1.54, 1.807) is 0 Å². The molecule has 2 N–H and O–H groups in total. The van der Waals surface area contributed by atoms with E-state index < -0.39 is 5.60 Å². The summed E-state index contributed by atoms with van der Waals surface area (Å²) < 4.78 is 16.9. The Morgan fingerprint density at radius 2 is 1.97 bits per heavy atom. The third kappa shape index (κ3) is 9.90. The highest BCUT2D eigenvalue weighted by Crippen LogP contribution is 2.34. The summed E-state index contributed by atoms with van der Waals surface area (Å²) in [5.41, 5.74) is 8.14. The first-order valence-electron chi connectivity index (χ1n) is 11.0. The maximum atomic E-state index is 11.7. The highest BCUT2D eigenvalue weighted by Gasteiger charge is 2.39. The lowest BCUT2D eigenvalue weighted by atomic mass is 9.86. The van der Waals surface area contributed by atoms with E-state index >= 15 is 0 Å². The van der Waals surface area contributed by atoms with Crippen LogP contribution in [0.1, 0.15) is 80.1 Å². The molecule has 2 unspecified atom stereocenters. The summed E-state index contributed by atoms with van der Waals surface area (Å²) in [4.78, 5) is 22.6. The van der Waals surface area contributed by atoms with Gasteiger partial charge in [-0.1, -0.05) is 25.0 Å². The van der Waals surface area contributed by atoms with Gasteiger partial charge in [0.05, 0.1) is 6.61 Å². The minimum absolute atomic E-state index is 0.142. The van der Waals surface area contributed by atoms with Crippen LogP contribution in [0, 0.1) is 5.92 Å². The lowest BCUT2D eigenvalue weighted by Gasteiger charge is -2.35. The quantitative estimate of drug-likeness (QED) is 0.412. The Bertz CT molecular complexity index is 623. The van der Waals surface area contributed by atoms with Gasteiger partial charge in [0, 0.05) is 19.9 Å². The summed E-state index contributed by atoms with van der Waals surface area (Å²) in [5.74, 6) is -0.193. The summed E-state index contributed by atoms with van der Waals surface area (Å²) >= 11 is 0. The lowest BCUT2D eigenvalue weighted by Crippen LogP contribution is -2.44. The number of hydrogen-bond donors (Lipinski definition) is 1. The van der Waals surface area contributed by atoms with Gasteiger partial charge in [-0.2, -0.15) is 0 Å². The average molecular weight is 424 g/mol. The lowest BCUT2D eigenvalue weighted by molar-refractivity contribution is -0.167. The molecule has 0 aromatic carbocycles. The maximum Gasteiger partial charge on any atom is 0.303 e. The number of allylic oxidation sites excluding steroid dienone is 1. The van der Waals surface area contributed by atoms with E-state index in [9.17, 15) is 9.59 Å². The third-order valence-corrected chi connectivity index (χ3v) is 5.82. The van der Waals surface area contributed by atoms with Crippen LogP contribution in [0.25, 0.3) is 0 Å². The Kier molecular flexibility index (Phi) is 11.3. The minimum atomic E-state index is -0.549. The molecule has 0 amide bonds. The predicted molar refractivity (Wildman–Crippen MR) is 119 cm³/mol. The minimum Gasteiger partial charge on any atom is -0.462 e. The molecule has 6 heteroatoms. The van der Waals surface area contributed by atoms with E-state index in [1.165, 1.54) is 19.4 Å².